The fourth-order valence-corrected chi connectivity index (χ4v) is 3.18. The molecule has 104 valence electrons. The van der Waals surface area contributed by atoms with E-state index in [1.807, 2.05) is 36.4 Å². The van der Waals surface area contributed by atoms with Gasteiger partial charge in [0.25, 0.3) is 0 Å². The summed E-state index contributed by atoms with van der Waals surface area (Å²) in [5.74, 6) is 1.60. The molecule has 1 heterocycles. The highest BCUT2D eigenvalue weighted by molar-refractivity contribution is 7.99. The lowest BCUT2D eigenvalue weighted by atomic mass is 10.2. The van der Waals surface area contributed by atoms with Crippen LogP contribution in [-0.2, 0) is 6.54 Å². The first-order valence-corrected chi connectivity index (χ1v) is 7.52. The van der Waals surface area contributed by atoms with Gasteiger partial charge in [0, 0.05) is 21.4 Å². The topological polar surface area (TPSA) is 44.5 Å². The normalized spacial score (nSPS) is 13.3. The monoisotopic (exact) mass is 307 g/mol. The van der Waals surface area contributed by atoms with Crippen molar-refractivity contribution in [3.63, 3.8) is 0 Å². The summed E-state index contributed by atoms with van der Waals surface area (Å²) in [7, 11) is 0. The first-order chi connectivity index (χ1) is 9.76. The predicted molar refractivity (Wildman–Crippen MR) is 80.9 cm³/mol. The molecule has 0 atom stereocenters. The van der Waals surface area contributed by atoms with Crippen molar-refractivity contribution in [3.8, 4) is 11.5 Å². The highest BCUT2D eigenvalue weighted by Gasteiger charge is 2.13. The second-order valence-corrected chi connectivity index (χ2v) is 5.92. The van der Waals surface area contributed by atoms with Crippen LogP contribution in [0.15, 0.2) is 46.2 Å². The van der Waals surface area contributed by atoms with Crippen molar-refractivity contribution in [2.45, 2.75) is 16.3 Å². The van der Waals surface area contributed by atoms with E-state index in [-0.39, 0.29) is 0 Å². The van der Waals surface area contributed by atoms with Crippen molar-refractivity contribution in [2.75, 3.05) is 13.2 Å². The van der Waals surface area contributed by atoms with Gasteiger partial charge in [0.15, 0.2) is 11.5 Å². The number of ether oxygens (including phenoxy) is 2. The lowest BCUT2D eigenvalue weighted by Gasteiger charge is -2.19. The summed E-state index contributed by atoms with van der Waals surface area (Å²) in [5, 5.41) is 0.706. The molecule has 3 nitrogen and oxygen atoms in total. The van der Waals surface area contributed by atoms with E-state index in [1.54, 1.807) is 11.8 Å². The number of benzene rings is 2. The molecule has 20 heavy (non-hydrogen) atoms. The molecule has 0 aromatic heterocycles. The SMILES string of the molecule is NCc1cc(Cl)ccc1Sc1ccc2c(c1)OCCO2. The first-order valence-electron chi connectivity index (χ1n) is 6.32. The molecule has 0 aliphatic carbocycles. The second kappa shape index (κ2) is 5.95. The number of fused-ring (bicyclic) bond motifs is 1. The lowest BCUT2D eigenvalue weighted by molar-refractivity contribution is 0.171. The van der Waals surface area contributed by atoms with Gasteiger partial charge < -0.3 is 15.2 Å². The van der Waals surface area contributed by atoms with E-state index in [0.717, 1.165) is 26.9 Å². The van der Waals surface area contributed by atoms with Crippen LogP contribution in [-0.4, -0.2) is 13.2 Å². The summed E-state index contributed by atoms with van der Waals surface area (Å²) in [6.07, 6.45) is 0. The fourth-order valence-electron chi connectivity index (χ4n) is 2.02. The van der Waals surface area contributed by atoms with Crippen molar-refractivity contribution in [1.82, 2.24) is 0 Å². The Morgan fingerprint density at radius 2 is 1.85 bits per heavy atom. The van der Waals surface area contributed by atoms with Crippen LogP contribution in [0.3, 0.4) is 0 Å². The molecule has 5 heteroatoms. The largest absolute Gasteiger partial charge is 0.486 e. The number of halogens is 1. The van der Waals surface area contributed by atoms with Gasteiger partial charge in [0.05, 0.1) is 0 Å². The highest BCUT2D eigenvalue weighted by atomic mass is 35.5. The number of hydrogen-bond acceptors (Lipinski definition) is 4. The van der Waals surface area contributed by atoms with Gasteiger partial charge >= 0.3 is 0 Å². The Hall–Kier alpha value is -1.36. The molecule has 2 N–H and O–H groups in total. The minimum atomic E-state index is 0.466. The minimum absolute atomic E-state index is 0.466. The molecule has 2 aromatic carbocycles. The molecule has 1 aliphatic heterocycles. The Morgan fingerprint density at radius 1 is 1.05 bits per heavy atom. The van der Waals surface area contributed by atoms with Crippen LogP contribution in [0.4, 0.5) is 0 Å². The van der Waals surface area contributed by atoms with Gasteiger partial charge in [-0.15, -0.1) is 0 Å². The smallest absolute Gasteiger partial charge is 0.162 e. The molecule has 0 radical (unpaired) electrons. The van der Waals surface area contributed by atoms with Crippen LogP contribution in [0, 0.1) is 0 Å². The molecule has 0 bridgehead atoms. The number of rotatable bonds is 3. The van der Waals surface area contributed by atoms with Crippen molar-refractivity contribution in [2.24, 2.45) is 5.73 Å². The van der Waals surface area contributed by atoms with Gasteiger partial charge in [0.1, 0.15) is 13.2 Å². The first kappa shape index (κ1) is 13.6. The summed E-state index contributed by atoms with van der Waals surface area (Å²) < 4.78 is 11.1. The number of nitrogens with two attached hydrogens (primary N) is 1. The third-order valence-electron chi connectivity index (χ3n) is 2.98. The van der Waals surface area contributed by atoms with E-state index in [9.17, 15) is 0 Å². The minimum Gasteiger partial charge on any atom is -0.486 e. The third-order valence-corrected chi connectivity index (χ3v) is 4.33. The lowest BCUT2D eigenvalue weighted by Crippen LogP contribution is -2.15. The van der Waals surface area contributed by atoms with Gasteiger partial charge in [-0.25, -0.2) is 0 Å². The Morgan fingerprint density at radius 3 is 2.65 bits per heavy atom. The maximum atomic E-state index is 5.99. The highest BCUT2D eigenvalue weighted by Crippen LogP contribution is 2.38. The van der Waals surface area contributed by atoms with Crippen LogP contribution < -0.4 is 15.2 Å². The second-order valence-electron chi connectivity index (χ2n) is 4.36. The molecular formula is C15H14ClNO2S. The van der Waals surface area contributed by atoms with E-state index >= 15 is 0 Å². The van der Waals surface area contributed by atoms with Gasteiger partial charge in [-0.2, -0.15) is 0 Å². The van der Waals surface area contributed by atoms with Gasteiger partial charge in [-0.05, 0) is 42.0 Å². The Balaban J connectivity index is 1.87. The van der Waals surface area contributed by atoms with Gasteiger partial charge in [-0.3, -0.25) is 0 Å². The van der Waals surface area contributed by atoms with Crippen molar-refractivity contribution in [3.05, 3.63) is 47.0 Å². The zero-order chi connectivity index (χ0) is 13.9. The van der Waals surface area contributed by atoms with Gasteiger partial charge in [-0.1, -0.05) is 23.4 Å². The molecule has 2 aromatic rings. The van der Waals surface area contributed by atoms with Crippen LogP contribution >= 0.6 is 23.4 Å². The van der Waals surface area contributed by atoms with Crippen molar-refractivity contribution >= 4 is 23.4 Å². The zero-order valence-corrected chi connectivity index (χ0v) is 12.3. The number of hydrogen-bond donors (Lipinski definition) is 1. The molecule has 0 saturated heterocycles. The molecule has 0 saturated carbocycles. The summed E-state index contributed by atoms with van der Waals surface area (Å²) >= 11 is 7.64. The maximum absolute atomic E-state index is 5.99. The van der Waals surface area contributed by atoms with Crippen molar-refractivity contribution < 1.29 is 9.47 Å². The average Bonchev–Trinajstić information content (AvgIpc) is 2.49. The van der Waals surface area contributed by atoms with E-state index in [1.165, 1.54) is 0 Å². The summed E-state index contributed by atoms with van der Waals surface area (Å²) in [6.45, 7) is 1.66. The summed E-state index contributed by atoms with van der Waals surface area (Å²) in [4.78, 5) is 2.19. The fraction of sp³-hybridized carbons (Fsp3) is 0.200. The molecule has 0 spiro atoms. The molecule has 1 aliphatic rings. The predicted octanol–water partition coefficient (Wildman–Crippen LogP) is 3.72. The average molecular weight is 308 g/mol. The van der Waals surface area contributed by atoms with E-state index < -0.39 is 0 Å². The van der Waals surface area contributed by atoms with Gasteiger partial charge in [0.2, 0.25) is 0 Å². The van der Waals surface area contributed by atoms with Crippen LogP contribution in [0.5, 0.6) is 11.5 Å². The van der Waals surface area contributed by atoms with E-state index in [0.29, 0.717) is 24.8 Å². The van der Waals surface area contributed by atoms with E-state index in [2.05, 4.69) is 0 Å². The standard InChI is InChI=1S/C15H14ClNO2S/c16-11-1-4-15(10(7-11)9-17)20-12-2-3-13-14(8-12)19-6-5-18-13/h1-4,7-8H,5-6,9,17H2. The van der Waals surface area contributed by atoms with Crippen LogP contribution in [0.2, 0.25) is 5.02 Å². The molecule has 3 rings (SSSR count). The zero-order valence-electron chi connectivity index (χ0n) is 10.8. The Bertz CT molecular complexity index is 633. The Kier molecular flexibility index (Phi) is 4.05. The molecule has 0 fully saturated rings. The third kappa shape index (κ3) is 2.87. The van der Waals surface area contributed by atoms with Crippen LogP contribution in [0.25, 0.3) is 0 Å². The van der Waals surface area contributed by atoms with Crippen LogP contribution in [0.1, 0.15) is 5.56 Å². The maximum Gasteiger partial charge on any atom is 0.162 e. The molecule has 0 unspecified atom stereocenters. The van der Waals surface area contributed by atoms with Crippen molar-refractivity contribution in [1.29, 1.82) is 0 Å². The molecule has 0 amide bonds. The molecular weight excluding hydrogens is 294 g/mol. The van der Waals surface area contributed by atoms with E-state index in [4.69, 9.17) is 26.8 Å². The Labute approximate surface area is 127 Å². The summed E-state index contributed by atoms with van der Waals surface area (Å²) in [6, 6.07) is 11.7. The summed E-state index contributed by atoms with van der Waals surface area (Å²) in [5.41, 5.74) is 6.81. The quantitative estimate of drug-likeness (QED) is 0.938.